The maximum atomic E-state index is 11.2. The van der Waals surface area contributed by atoms with Crippen molar-refractivity contribution in [2.45, 2.75) is 31.5 Å². The number of carboxylic acid groups (broad SMARTS) is 1. The molecule has 0 amide bonds. The number of hydrogen-bond acceptors (Lipinski definition) is 7. The summed E-state index contributed by atoms with van der Waals surface area (Å²) < 4.78 is 5.31. The Morgan fingerprint density at radius 2 is 2.03 bits per heavy atom. The molecule has 0 radical (unpaired) electrons. The quantitative estimate of drug-likeness (QED) is 0.287. The van der Waals surface area contributed by atoms with Crippen LogP contribution in [0.2, 0.25) is 0 Å². The number of pyridine rings is 2. The summed E-state index contributed by atoms with van der Waals surface area (Å²) in [5, 5.41) is 25.8. The lowest BCUT2D eigenvalue weighted by Gasteiger charge is -2.33. The van der Waals surface area contributed by atoms with Gasteiger partial charge < -0.3 is 25.2 Å². The van der Waals surface area contributed by atoms with Crippen LogP contribution in [0.25, 0.3) is 27.9 Å². The Bertz CT molecular complexity index is 1460. The maximum Gasteiger partial charge on any atom is 0.328 e. The first-order valence-electron chi connectivity index (χ1n) is 12.9. The van der Waals surface area contributed by atoms with Crippen LogP contribution in [0.3, 0.4) is 0 Å². The maximum absolute atomic E-state index is 11.2. The van der Waals surface area contributed by atoms with Crippen LogP contribution < -0.4 is 10.1 Å². The fraction of sp³-hybridized carbons (Fsp3) is 0.300. The lowest BCUT2D eigenvalue weighted by molar-refractivity contribution is -0.131. The van der Waals surface area contributed by atoms with Gasteiger partial charge in [0, 0.05) is 53.8 Å². The topological polar surface area (TPSA) is 108 Å². The first kappa shape index (κ1) is 25.8. The molecule has 0 saturated carbocycles. The highest BCUT2D eigenvalue weighted by Gasteiger charge is 2.23. The Morgan fingerprint density at radius 1 is 1.18 bits per heavy atom. The van der Waals surface area contributed by atoms with Crippen molar-refractivity contribution in [1.82, 2.24) is 20.2 Å². The van der Waals surface area contributed by atoms with Gasteiger partial charge in [0.2, 0.25) is 5.88 Å². The Labute approximate surface area is 221 Å². The fourth-order valence-corrected chi connectivity index (χ4v) is 5.09. The van der Waals surface area contributed by atoms with Gasteiger partial charge in [0.15, 0.2) is 0 Å². The number of aliphatic hydroxyl groups is 1. The van der Waals surface area contributed by atoms with E-state index in [0.717, 1.165) is 60.4 Å². The Hall–Kier alpha value is -3.85. The lowest BCUT2D eigenvalue weighted by Crippen LogP contribution is -2.43. The van der Waals surface area contributed by atoms with E-state index in [2.05, 4.69) is 44.5 Å². The molecule has 196 valence electrons. The van der Waals surface area contributed by atoms with Crippen LogP contribution in [0.15, 0.2) is 66.9 Å². The molecule has 1 saturated heterocycles. The number of carbonyl (C=O) groups is 1. The van der Waals surface area contributed by atoms with Crippen molar-refractivity contribution < 1.29 is 19.7 Å². The molecule has 0 aliphatic carbocycles. The van der Waals surface area contributed by atoms with Crippen LogP contribution in [0.1, 0.15) is 35.6 Å². The average Bonchev–Trinajstić information content (AvgIpc) is 2.94. The number of benzene rings is 2. The summed E-state index contributed by atoms with van der Waals surface area (Å²) in [4.78, 5) is 22.3. The zero-order chi connectivity index (χ0) is 26.5. The van der Waals surface area contributed by atoms with Crippen LogP contribution in [-0.4, -0.2) is 63.8 Å². The number of β-amino-alcohol motifs (C(OH)–C–C–N with tert-alkyl or cyclic N) is 1. The average molecular weight is 513 g/mol. The fourth-order valence-electron chi connectivity index (χ4n) is 5.09. The second kappa shape index (κ2) is 11.7. The molecule has 1 fully saturated rings. The predicted molar refractivity (Wildman–Crippen MR) is 148 cm³/mol. The largest absolute Gasteiger partial charge is 0.481 e. The minimum Gasteiger partial charge on any atom is -0.481 e. The molecule has 1 unspecified atom stereocenters. The molecule has 8 heteroatoms. The number of aliphatic carboxylic acids is 1. The molecule has 1 aliphatic heterocycles. The van der Waals surface area contributed by atoms with Gasteiger partial charge in [0.25, 0.3) is 0 Å². The number of piperidine rings is 1. The van der Waals surface area contributed by atoms with Crippen LogP contribution in [0, 0.1) is 0 Å². The third-order valence-corrected chi connectivity index (χ3v) is 7.15. The first-order chi connectivity index (χ1) is 18.5. The summed E-state index contributed by atoms with van der Waals surface area (Å²) in [5.41, 5.74) is 4.31. The Morgan fingerprint density at radius 3 is 2.82 bits per heavy atom. The molecule has 2 aromatic heterocycles. The van der Waals surface area contributed by atoms with Crippen molar-refractivity contribution >= 4 is 33.9 Å². The molecule has 0 bridgehead atoms. The standard InChI is InChI=1S/C30H32N4O4/c1-38-28-10-8-24-21(6-11-29(36)37)5-7-25(30(24)33-28)27(35)19-34-15-12-23(13-16-34)32-18-20-4-9-26-22(17-20)3-2-14-31-26/h2-11,14,17,23,27,32,35H,12-13,15-16,18-19H2,1H3,(H,36,37)/b11-6+. The van der Waals surface area contributed by atoms with Gasteiger partial charge in [0.1, 0.15) is 0 Å². The molecule has 1 atom stereocenters. The second-order valence-electron chi connectivity index (χ2n) is 9.67. The number of fused-ring (bicyclic) bond motifs is 2. The van der Waals surface area contributed by atoms with E-state index < -0.39 is 12.1 Å². The Kier molecular flexibility index (Phi) is 7.93. The van der Waals surface area contributed by atoms with E-state index in [4.69, 9.17) is 9.84 Å². The highest BCUT2D eigenvalue weighted by Crippen LogP contribution is 2.30. The van der Waals surface area contributed by atoms with Gasteiger partial charge in [-0.25, -0.2) is 9.78 Å². The number of likely N-dealkylation sites (tertiary alicyclic amines) is 1. The van der Waals surface area contributed by atoms with Gasteiger partial charge in [-0.2, -0.15) is 0 Å². The van der Waals surface area contributed by atoms with E-state index in [1.165, 1.54) is 5.56 Å². The number of carboxylic acids is 1. The summed E-state index contributed by atoms with van der Waals surface area (Å²) >= 11 is 0. The highest BCUT2D eigenvalue weighted by molar-refractivity contribution is 5.94. The number of aliphatic hydroxyl groups excluding tert-OH is 1. The number of nitrogens with one attached hydrogen (secondary N) is 1. The third kappa shape index (κ3) is 5.99. The summed E-state index contributed by atoms with van der Waals surface area (Å²) in [6, 6.07) is 18.1. The molecule has 5 rings (SSSR count). The molecule has 38 heavy (non-hydrogen) atoms. The molecule has 4 aromatic rings. The Balaban J connectivity index is 1.21. The number of nitrogens with zero attached hydrogens (tertiary/aromatic N) is 3. The summed E-state index contributed by atoms with van der Waals surface area (Å²) in [7, 11) is 1.55. The smallest absolute Gasteiger partial charge is 0.328 e. The number of hydrogen-bond donors (Lipinski definition) is 3. The van der Waals surface area contributed by atoms with E-state index in [9.17, 15) is 9.90 Å². The zero-order valence-corrected chi connectivity index (χ0v) is 21.4. The van der Waals surface area contributed by atoms with Gasteiger partial charge >= 0.3 is 5.97 Å². The van der Waals surface area contributed by atoms with Gasteiger partial charge in [-0.05, 0) is 67.4 Å². The van der Waals surface area contributed by atoms with E-state index in [0.29, 0.717) is 29.5 Å². The van der Waals surface area contributed by atoms with Gasteiger partial charge in [-0.3, -0.25) is 4.98 Å². The molecule has 1 aliphatic rings. The molecule has 2 aromatic carbocycles. The van der Waals surface area contributed by atoms with Crippen LogP contribution in [0.4, 0.5) is 0 Å². The second-order valence-corrected chi connectivity index (χ2v) is 9.67. The molecule has 8 nitrogen and oxygen atoms in total. The van der Waals surface area contributed by atoms with Crippen molar-refractivity contribution in [3.05, 3.63) is 83.6 Å². The number of methoxy groups -OCH3 is 1. The molecule has 0 spiro atoms. The van der Waals surface area contributed by atoms with Gasteiger partial charge in [-0.15, -0.1) is 0 Å². The van der Waals surface area contributed by atoms with Crippen LogP contribution >= 0.6 is 0 Å². The van der Waals surface area contributed by atoms with Crippen molar-refractivity contribution in [1.29, 1.82) is 0 Å². The normalized spacial score (nSPS) is 15.8. The minimum atomic E-state index is -1.02. The van der Waals surface area contributed by atoms with Crippen LogP contribution in [0.5, 0.6) is 5.88 Å². The monoisotopic (exact) mass is 512 g/mol. The van der Waals surface area contributed by atoms with Crippen LogP contribution in [-0.2, 0) is 11.3 Å². The van der Waals surface area contributed by atoms with Crippen molar-refractivity contribution in [2.75, 3.05) is 26.7 Å². The summed E-state index contributed by atoms with van der Waals surface area (Å²) in [5.74, 6) is -0.573. The SMILES string of the molecule is COc1ccc2c(/C=C/C(=O)O)ccc(C(O)CN3CCC(NCc4ccc5ncccc5c4)CC3)c2n1. The molecular weight excluding hydrogens is 480 g/mol. The summed E-state index contributed by atoms with van der Waals surface area (Å²) in [6.45, 7) is 3.11. The zero-order valence-electron chi connectivity index (χ0n) is 21.4. The number of rotatable bonds is 9. The summed E-state index contributed by atoms with van der Waals surface area (Å²) in [6.07, 6.45) is 5.74. The molecular formula is C30H32N4O4. The van der Waals surface area contributed by atoms with Crippen molar-refractivity contribution in [3.63, 3.8) is 0 Å². The number of aromatic nitrogens is 2. The number of ether oxygens (including phenoxy) is 1. The minimum absolute atomic E-state index is 0.431. The van der Waals surface area contributed by atoms with Gasteiger partial charge in [0.05, 0.1) is 24.2 Å². The van der Waals surface area contributed by atoms with Crippen molar-refractivity contribution in [2.24, 2.45) is 0 Å². The highest BCUT2D eigenvalue weighted by atomic mass is 16.5. The third-order valence-electron chi connectivity index (χ3n) is 7.15. The molecule has 3 heterocycles. The van der Waals surface area contributed by atoms with E-state index in [1.807, 2.05) is 30.5 Å². The van der Waals surface area contributed by atoms with Crippen molar-refractivity contribution in [3.8, 4) is 5.88 Å². The van der Waals surface area contributed by atoms with Gasteiger partial charge in [-0.1, -0.05) is 24.3 Å². The van der Waals surface area contributed by atoms with E-state index in [1.54, 1.807) is 19.3 Å². The van der Waals surface area contributed by atoms with E-state index >= 15 is 0 Å². The van der Waals surface area contributed by atoms with E-state index in [-0.39, 0.29) is 0 Å². The molecule has 3 N–H and O–H groups in total. The first-order valence-corrected chi connectivity index (χ1v) is 12.9. The predicted octanol–water partition coefficient (Wildman–Crippen LogP) is 4.18. The lowest BCUT2D eigenvalue weighted by atomic mass is 9.98.